The number of anilines is 1. The summed E-state index contributed by atoms with van der Waals surface area (Å²) in [5.74, 6) is 2.71. The first-order valence-electron chi connectivity index (χ1n) is 11.6. The van der Waals surface area contributed by atoms with Crippen molar-refractivity contribution in [3.8, 4) is 22.9 Å². The van der Waals surface area contributed by atoms with Crippen molar-refractivity contribution in [1.82, 2.24) is 15.0 Å². The van der Waals surface area contributed by atoms with Crippen LogP contribution in [0.25, 0.3) is 11.4 Å². The molecular weight excluding hydrogens is 432 g/mol. The maximum absolute atomic E-state index is 12.9. The third-order valence-electron chi connectivity index (χ3n) is 6.19. The molecular formula is C26H32N4O4. The topological polar surface area (TPSA) is 89.7 Å². The fourth-order valence-electron chi connectivity index (χ4n) is 4.21. The minimum Gasteiger partial charge on any atom is -0.493 e. The van der Waals surface area contributed by atoms with Gasteiger partial charge in [-0.25, -0.2) is 0 Å². The molecule has 1 amide bonds. The third kappa shape index (κ3) is 5.56. The van der Waals surface area contributed by atoms with Gasteiger partial charge in [-0.3, -0.25) is 9.69 Å². The zero-order valence-electron chi connectivity index (χ0n) is 20.2. The summed E-state index contributed by atoms with van der Waals surface area (Å²) in [5, 5.41) is 7.19. The first-order valence-corrected chi connectivity index (χ1v) is 11.6. The Hall–Kier alpha value is -3.39. The maximum Gasteiger partial charge on any atom is 0.241 e. The van der Waals surface area contributed by atoms with E-state index in [9.17, 15) is 4.79 Å². The Bertz CT molecular complexity index is 1110. The van der Waals surface area contributed by atoms with Crippen LogP contribution in [0.1, 0.15) is 44.1 Å². The number of likely N-dealkylation sites (tertiary alicyclic amines) is 1. The Morgan fingerprint density at radius 3 is 2.62 bits per heavy atom. The van der Waals surface area contributed by atoms with Crippen LogP contribution in [-0.4, -0.2) is 48.3 Å². The van der Waals surface area contributed by atoms with Crippen molar-refractivity contribution in [1.29, 1.82) is 0 Å². The highest BCUT2D eigenvalue weighted by Gasteiger charge is 2.27. The molecule has 0 radical (unpaired) electrons. The molecule has 0 unspecified atom stereocenters. The smallest absolute Gasteiger partial charge is 0.241 e. The van der Waals surface area contributed by atoms with Crippen LogP contribution in [0.2, 0.25) is 0 Å². The van der Waals surface area contributed by atoms with E-state index in [-0.39, 0.29) is 11.8 Å². The molecule has 0 spiro atoms. The van der Waals surface area contributed by atoms with Crippen LogP contribution in [0.3, 0.4) is 0 Å². The summed E-state index contributed by atoms with van der Waals surface area (Å²) < 4.78 is 16.1. The summed E-state index contributed by atoms with van der Waals surface area (Å²) in [5.41, 5.74) is 2.88. The van der Waals surface area contributed by atoms with Crippen molar-refractivity contribution in [2.75, 3.05) is 32.6 Å². The van der Waals surface area contributed by atoms with E-state index in [1.165, 1.54) is 5.56 Å². The van der Waals surface area contributed by atoms with Gasteiger partial charge in [0.25, 0.3) is 0 Å². The van der Waals surface area contributed by atoms with Gasteiger partial charge in [0, 0.05) is 17.8 Å². The van der Waals surface area contributed by atoms with Gasteiger partial charge < -0.3 is 19.3 Å². The van der Waals surface area contributed by atoms with Crippen molar-refractivity contribution in [3.05, 3.63) is 53.9 Å². The Morgan fingerprint density at radius 2 is 1.91 bits per heavy atom. The second-order valence-electron chi connectivity index (χ2n) is 8.92. The molecule has 0 bridgehead atoms. The molecule has 0 saturated carbocycles. The summed E-state index contributed by atoms with van der Waals surface area (Å²) in [6.45, 7) is 6.37. The average molecular weight is 465 g/mol. The number of amides is 1. The Labute approximate surface area is 200 Å². The SMILES string of the molecule is COc1ccc(-c2noc(CN3CCC[C@H](C(=O)Nc4ccc(C(C)C)cc4)C3)n2)cc1OC. The number of aromatic nitrogens is 2. The van der Waals surface area contributed by atoms with Crippen LogP contribution in [-0.2, 0) is 11.3 Å². The second-order valence-corrected chi connectivity index (χ2v) is 8.92. The summed E-state index contributed by atoms with van der Waals surface area (Å²) in [4.78, 5) is 19.6. The zero-order valence-corrected chi connectivity index (χ0v) is 20.2. The molecule has 1 saturated heterocycles. The molecule has 180 valence electrons. The van der Waals surface area contributed by atoms with Crippen LogP contribution >= 0.6 is 0 Å². The molecule has 2 aromatic carbocycles. The van der Waals surface area contributed by atoms with Gasteiger partial charge in [0.1, 0.15) is 0 Å². The number of hydrogen-bond donors (Lipinski definition) is 1. The van der Waals surface area contributed by atoms with E-state index in [0.29, 0.717) is 42.2 Å². The van der Waals surface area contributed by atoms with Gasteiger partial charge in [0.15, 0.2) is 11.5 Å². The van der Waals surface area contributed by atoms with Crippen molar-refractivity contribution in [2.24, 2.45) is 5.92 Å². The van der Waals surface area contributed by atoms with E-state index < -0.39 is 0 Å². The van der Waals surface area contributed by atoms with Crippen LogP contribution in [0.5, 0.6) is 11.5 Å². The molecule has 1 aliphatic heterocycles. The largest absolute Gasteiger partial charge is 0.493 e. The molecule has 2 heterocycles. The molecule has 1 atom stereocenters. The van der Waals surface area contributed by atoms with Crippen molar-refractivity contribution >= 4 is 11.6 Å². The van der Waals surface area contributed by atoms with Gasteiger partial charge in [0.05, 0.1) is 26.7 Å². The first kappa shape index (κ1) is 23.8. The highest BCUT2D eigenvalue weighted by molar-refractivity contribution is 5.92. The van der Waals surface area contributed by atoms with Crippen LogP contribution < -0.4 is 14.8 Å². The summed E-state index contributed by atoms with van der Waals surface area (Å²) in [6, 6.07) is 13.6. The number of rotatable bonds is 8. The van der Waals surface area contributed by atoms with Gasteiger partial charge in [-0.15, -0.1) is 0 Å². The van der Waals surface area contributed by atoms with E-state index >= 15 is 0 Å². The standard InChI is InChI=1S/C26H32N4O4/c1-17(2)18-7-10-21(11-8-18)27-26(31)20-6-5-13-30(15-20)16-24-28-25(29-34-24)19-9-12-22(32-3)23(14-19)33-4/h7-12,14,17,20H,5-6,13,15-16H2,1-4H3,(H,27,31)/t20-/m0/s1. The van der Waals surface area contributed by atoms with E-state index in [4.69, 9.17) is 14.0 Å². The molecule has 8 heteroatoms. The van der Waals surface area contributed by atoms with Gasteiger partial charge >= 0.3 is 0 Å². The third-order valence-corrected chi connectivity index (χ3v) is 6.19. The lowest BCUT2D eigenvalue weighted by atomic mass is 9.97. The summed E-state index contributed by atoms with van der Waals surface area (Å²) >= 11 is 0. The Morgan fingerprint density at radius 1 is 1.15 bits per heavy atom. The van der Waals surface area contributed by atoms with Crippen molar-refractivity contribution in [3.63, 3.8) is 0 Å². The number of nitrogens with one attached hydrogen (secondary N) is 1. The number of hydrogen-bond acceptors (Lipinski definition) is 7. The molecule has 1 aromatic heterocycles. The lowest BCUT2D eigenvalue weighted by Crippen LogP contribution is -2.40. The predicted octanol–water partition coefficient (Wildman–Crippen LogP) is 4.73. The molecule has 8 nitrogen and oxygen atoms in total. The lowest BCUT2D eigenvalue weighted by Gasteiger charge is -2.30. The molecule has 4 rings (SSSR count). The average Bonchev–Trinajstić information content (AvgIpc) is 3.32. The quantitative estimate of drug-likeness (QED) is 0.515. The molecule has 1 N–H and O–H groups in total. The summed E-state index contributed by atoms with van der Waals surface area (Å²) in [6.07, 6.45) is 1.81. The Balaban J connectivity index is 1.36. The first-order chi connectivity index (χ1) is 16.5. The van der Waals surface area contributed by atoms with Crippen molar-refractivity contribution in [2.45, 2.75) is 39.2 Å². The Kier molecular flexibility index (Phi) is 7.47. The molecule has 3 aromatic rings. The van der Waals surface area contributed by atoms with E-state index in [2.05, 4.69) is 46.3 Å². The lowest BCUT2D eigenvalue weighted by molar-refractivity contribution is -0.121. The number of piperidine rings is 1. The fraction of sp³-hybridized carbons (Fsp3) is 0.423. The predicted molar refractivity (Wildman–Crippen MR) is 130 cm³/mol. The second kappa shape index (κ2) is 10.7. The van der Waals surface area contributed by atoms with E-state index in [0.717, 1.165) is 30.6 Å². The zero-order chi connectivity index (χ0) is 24.1. The molecule has 1 aliphatic rings. The minimum absolute atomic E-state index is 0.0542. The number of benzene rings is 2. The fourth-order valence-corrected chi connectivity index (χ4v) is 4.21. The maximum atomic E-state index is 12.9. The highest BCUT2D eigenvalue weighted by atomic mass is 16.5. The number of carbonyl (C=O) groups excluding carboxylic acids is 1. The number of methoxy groups -OCH3 is 2. The minimum atomic E-state index is -0.0771. The molecule has 1 fully saturated rings. The number of ether oxygens (including phenoxy) is 2. The molecule has 34 heavy (non-hydrogen) atoms. The normalized spacial score (nSPS) is 16.4. The number of nitrogens with zero attached hydrogens (tertiary/aromatic N) is 3. The highest BCUT2D eigenvalue weighted by Crippen LogP contribution is 2.31. The van der Waals surface area contributed by atoms with Crippen LogP contribution in [0.4, 0.5) is 5.69 Å². The molecule has 0 aliphatic carbocycles. The van der Waals surface area contributed by atoms with Gasteiger partial charge in [-0.05, 0) is 61.2 Å². The van der Waals surface area contributed by atoms with Crippen LogP contribution in [0, 0.1) is 5.92 Å². The summed E-state index contributed by atoms with van der Waals surface area (Å²) in [7, 11) is 3.19. The van der Waals surface area contributed by atoms with Gasteiger partial charge in [-0.2, -0.15) is 4.98 Å². The number of carbonyl (C=O) groups is 1. The van der Waals surface area contributed by atoms with Gasteiger partial charge in [-0.1, -0.05) is 31.1 Å². The van der Waals surface area contributed by atoms with E-state index in [1.807, 2.05) is 30.3 Å². The van der Waals surface area contributed by atoms with Crippen molar-refractivity contribution < 1.29 is 18.8 Å². The monoisotopic (exact) mass is 464 g/mol. The van der Waals surface area contributed by atoms with E-state index in [1.54, 1.807) is 14.2 Å². The van der Waals surface area contributed by atoms with Gasteiger partial charge in [0.2, 0.25) is 17.6 Å². The van der Waals surface area contributed by atoms with Crippen LogP contribution in [0.15, 0.2) is 47.0 Å².